The minimum Gasteiger partial charge on any atom is -0.487 e. The summed E-state index contributed by atoms with van der Waals surface area (Å²) in [6, 6.07) is 15.8. The van der Waals surface area contributed by atoms with Gasteiger partial charge in [0.15, 0.2) is 0 Å². The Morgan fingerprint density at radius 3 is 2.61 bits per heavy atom. The van der Waals surface area contributed by atoms with Crippen LogP contribution in [-0.2, 0) is 13.2 Å². The van der Waals surface area contributed by atoms with Gasteiger partial charge in [0.25, 0.3) is 0 Å². The Balaban J connectivity index is 1.90. The standard InChI is InChI=1S/C18H19N3O2/c1-13-8-9-14(2)18(10-13)23-12-17-16(11-22)19-20-21(17)15-6-4-3-5-7-15/h3-10,22H,11-12H2,1-2H3. The zero-order chi connectivity index (χ0) is 16.2. The second kappa shape index (κ2) is 6.62. The first-order valence-corrected chi connectivity index (χ1v) is 7.49. The Kier molecular flexibility index (Phi) is 4.39. The molecule has 1 heterocycles. The van der Waals surface area contributed by atoms with Gasteiger partial charge in [0.05, 0.1) is 12.3 Å². The molecular formula is C18H19N3O2. The van der Waals surface area contributed by atoms with Gasteiger partial charge in [0.2, 0.25) is 0 Å². The van der Waals surface area contributed by atoms with Crippen LogP contribution in [0.3, 0.4) is 0 Å². The van der Waals surface area contributed by atoms with Crippen LogP contribution in [0, 0.1) is 13.8 Å². The summed E-state index contributed by atoms with van der Waals surface area (Å²) in [5.41, 5.74) is 4.38. The lowest BCUT2D eigenvalue weighted by Gasteiger charge is -2.12. The van der Waals surface area contributed by atoms with Crippen molar-refractivity contribution >= 4 is 0 Å². The number of rotatable bonds is 5. The number of hydrogen-bond acceptors (Lipinski definition) is 4. The molecule has 5 nitrogen and oxygen atoms in total. The lowest BCUT2D eigenvalue weighted by atomic mass is 10.1. The number of benzene rings is 2. The third kappa shape index (κ3) is 3.24. The Bertz CT molecular complexity index is 797. The van der Waals surface area contributed by atoms with Gasteiger partial charge in [-0.1, -0.05) is 35.5 Å². The molecule has 118 valence electrons. The first kappa shape index (κ1) is 15.2. The highest BCUT2D eigenvalue weighted by atomic mass is 16.5. The topological polar surface area (TPSA) is 60.2 Å². The summed E-state index contributed by atoms with van der Waals surface area (Å²) in [6.07, 6.45) is 0. The first-order chi connectivity index (χ1) is 11.2. The van der Waals surface area contributed by atoms with Crippen molar-refractivity contribution in [1.82, 2.24) is 15.0 Å². The molecule has 0 amide bonds. The Labute approximate surface area is 135 Å². The SMILES string of the molecule is Cc1ccc(C)c(OCc2c(CO)nnn2-c2ccccc2)c1. The van der Waals surface area contributed by atoms with E-state index in [9.17, 15) is 5.11 Å². The Morgan fingerprint density at radius 2 is 1.87 bits per heavy atom. The van der Waals surface area contributed by atoms with Crippen molar-refractivity contribution in [2.45, 2.75) is 27.1 Å². The summed E-state index contributed by atoms with van der Waals surface area (Å²) >= 11 is 0. The monoisotopic (exact) mass is 309 g/mol. The van der Waals surface area contributed by atoms with Crippen LogP contribution < -0.4 is 4.74 Å². The lowest BCUT2D eigenvalue weighted by molar-refractivity contribution is 0.262. The molecule has 2 aromatic carbocycles. The molecule has 5 heteroatoms. The average Bonchev–Trinajstić information content (AvgIpc) is 2.99. The molecule has 0 saturated carbocycles. The van der Waals surface area contributed by atoms with E-state index >= 15 is 0 Å². The minimum atomic E-state index is -0.168. The first-order valence-electron chi connectivity index (χ1n) is 7.49. The van der Waals surface area contributed by atoms with E-state index in [1.165, 1.54) is 0 Å². The Morgan fingerprint density at radius 1 is 1.09 bits per heavy atom. The number of ether oxygens (including phenoxy) is 1. The van der Waals surface area contributed by atoms with Gasteiger partial charge in [-0.2, -0.15) is 0 Å². The van der Waals surface area contributed by atoms with Crippen molar-refractivity contribution < 1.29 is 9.84 Å². The average molecular weight is 309 g/mol. The molecule has 3 rings (SSSR count). The van der Waals surface area contributed by atoms with Crippen LogP contribution in [-0.4, -0.2) is 20.1 Å². The summed E-state index contributed by atoms with van der Waals surface area (Å²) in [5, 5.41) is 17.7. The van der Waals surface area contributed by atoms with E-state index < -0.39 is 0 Å². The molecule has 0 saturated heterocycles. The van der Waals surface area contributed by atoms with Crippen LogP contribution in [0.15, 0.2) is 48.5 Å². The van der Waals surface area contributed by atoms with Crippen LogP contribution in [0.2, 0.25) is 0 Å². The number of nitrogens with zero attached hydrogens (tertiary/aromatic N) is 3. The molecule has 1 N–H and O–H groups in total. The maximum atomic E-state index is 9.50. The van der Waals surface area contributed by atoms with Crippen molar-refractivity contribution in [1.29, 1.82) is 0 Å². The number of aromatic nitrogens is 3. The van der Waals surface area contributed by atoms with E-state index in [-0.39, 0.29) is 6.61 Å². The third-order valence-corrected chi connectivity index (χ3v) is 3.70. The number of hydrogen-bond donors (Lipinski definition) is 1. The highest BCUT2D eigenvalue weighted by Crippen LogP contribution is 2.22. The largest absolute Gasteiger partial charge is 0.487 e. The molecule has 0 fully saturated rings. The maximum Gasteiger partial charge on any atom is 0.132 e. The van der Waals surface area contributed by atoms with Crippen molar-refractivity contribution in [3.8, 4) is 11.4 Å². The van der Waals surface area contributed by atoms with Gasteiger partial charge < -0.3 is 9.84 Å². The normalized spacial score (nSPS) is 10.7. The second-order valence-corrected chi connectivity index (χ2v) is 5.45. The van der Waals surface area contributed by atoms with Gasteiger partial charge in [-0.3, -0.25) is 0 Å². The van der Waals surface area contributed by atoms with E-state index in [0.717, 1.165) is 28.3 Å². The fraction of sp³-hybridized carbons (Fsp3) is 0.222. The number of para-hydroxylation sites is 1. The fourth-order valence-electron chi connectivity index (χ4n) is 2.39. The van der Waals surface area contributed by atoms with Gasteiger partial charge in [-0.25, -0.2) is 4.68 Å². The molecule has 0 bridgehead atoms. The zero-order valence-corrected chi connectivity index (χ0v) is 13.2. The summed E-state index contributed by atoms with van der Waals surface area (Å²) in [7, 11) is 0. The van der Waals surface area contributed by atoms with Gasteiger partial charge in [0, 0.05) is 0 Å². The summed E-state index contributed by atoms with van der Waals surface area (Å²) in [6.45, 7) is 4.16. The van der Waals surface area contributed by atoms with Gasteiger partial charge in [-0.05, 0) is 43.2 Å². The van der Waals surface area contributed by atoms with Gasteiger partial charge >= 0.3 is 0 Å². The quantitative estimate of drug-likeness (QED) is 0.787. The second-order valence-electron chi connectivity index (χ2n) is 5.45. The van der Waals surface area contributed by atoms with E-state index in [1.54, 1.807) is 4.68 Å². The number of aliphatic hydroxyl groups excluding tert-OH is 1. The van der Waals surface area contributed by atoms with Crippen molar-refractivity contribution in [3.05, 3.63) is 71.0 Å². The summed E-state index contributed by atoms with van der Waals surface area (Å²) in [4.78, 5) is 0. The molecular weight excluding hydrogens is 290 g/mol. The highest BCUT2D eigenvalue weighted by molar-refractivity contribution is 5.37. The van der Waals surface area contributed by atoms with Crippen LogP contribution in [0.5, 0.6) is 5.75 Å². The van der Waals surface area contributed by atoms with E-state index in [4.69, 9.17) is 4.74 Å². The van der Waals surface area contributed by atoms with Crippen molar-refractivity contribution in [3.63, 3.8) is 0 Å². The molecule has 23 heavy (non-hydrogen) atoms. The van der Waals surface area contributed by atoms with Gasteiger partial charge in [0.1, 0.15) is 23.7 Å². The van der Waals surface area contributed by atoms with E-state index in [2.05, 4.69) is 16.4 Å². The molecule has 0 aliphatic rings. The Hall–Kier alpha value is -2.66. The van der Waals surface area contributed by atoms with E-state index in [1.807, 2.05) is 56.3 Å². The molecule has 0 atom stereocenters. The van der Waals surface area contributed by atoms with E-state index in [0.29, 0.717) is 12.3 Å². The lowest BCUT2D eigenvalue weighted by Crippen LogP contribution is -2.08. The summed E-state index contributed by atoms with van der Waals surface area (Å²) in [5.74, 6) is 0.828. The fourth-order valence-corrected chi connectivity index (χ4v) is 2.39. The molecule has 0 radical (unpaired) electrons. The van der Waals surface area contributed by atoms with Crippen LogP contribution in [0.25, 0.3) is 5.69 Å². The molecule has 0 aliphatic carbocycles. The smallest absolute Gasteiger partial charge is 0.132 e. The highest BCUT2D eigenvalue weighted by Gasteiger charge is 2.14. The predicted molar refractivity (Wildman–Crippen MR) is 87.5 cm³/mol. The van der Waals surface area contributed by atoms with Crippen LogP contribution in [0.1, 0.15) is 22.5 Å². The third-order valence-electron chi connectivity index (χ3n) is 3.70. The van der Waals surface area contributed by atoms with Gasteiger partial charge in [-0.15, -0.1) is 5.10 Å². The molecule has 0 unspecified atom stereocenters. The molecule has 0 spiro atoms. The molecule has 0 aliphatic heterocycles. The number of aliphatic hydroxyl groups is 1. The predicted octanol–water partition coefficient (Wildman–Crippen LogP) is 2.96. The molecule has 3 aromatic rings. The molecule has 1 aromatic heterocycles. The number of aryl methyl sites for hydroxylation is 2. The van der Waals surface area contributed by atoms with Crippen molar-refractivity contribution in [2.75, 3.05) is 0 Å². The van der Waals surface area contributed by atoms with Crippen LogP contribution in [0.4, 0.5) is 0 Å². The maximum absolute atomic E-state index is 9.50. The zero-order valence-electron chi connectivity index (χ0n) is 13.2. The van der Waals surface area contributed by atoms with Crippen molar-refractivity contribution in [2.24, 2.45) is 0 Å². The van der Waals surface area contributed by atoms with Crippen LogP contribution >= 0.6 is 0 Å². The summed E-state index contributed by atoms with van der Waals surface area (Å²) < 4.78 is 7.66. The minimum absolute atomic E-state index is 0.168.